The van der Waals surface area contributed by atoms with Crippen molar-refractivity contribution in [1.29, 1.82) is 0 Å². The molecule has 0 heterocycles. The van der Waals surface area contributed by atoms with E-state index in [4.69, 9.17) is 4.74 Å². The Labute approximate surface area is 74.4 Å². The van der Waals surface area contributed by atoms with Crippen LogP contribution in [0.5, 0.6) is 0 Å². The lowest BCUT2D eigenvalue weighted by Crippen LogP contribution is -1.91. The Morgan fingerprint density at radius 2 is 2.08 bits per heavy atom. The number of rotatable bonds is 3. The molecule has 1 nitrogen and oxygen atoms in total. The summed E-state index contributed by atoms with van der Waals surface area (Å²) >= 11 is 0. The first kappa shape index (κ1) is 9.27. The van der Waals surface area contributed by atoms with E-state index >= 15 is 0 Å². The van der Waals surface area contributed by atoms with Gasteiger partial charge in [-0.25, -0.2) is 0 Å². The van der Waals surface area contributed by atoms with Crippen molar-refractivity contribution < 1.29 is 4.74 Å². The molecule has 0 saturated carbocycles. The SMILES string of the molecule is COCc1cccc(C(C)C)c1. The van der Waals surface area contributed by atoms with Crippen molar-refractivity contribution in [2.24, 2.45) is 0 Å². The van der Waals surface area contributed by atoms with Gasteiger partial charge < -0.3 is 4.74 Å². The van der Waals surface area contributed by atoms with Gasteiger partial charge in [0, 0.05) is 7.11 Å². The van der Waals surface area contributed by atoms with Crippen molar-refractivity contribution in [2.75, 3.05) is 7.11 Å². The zero-order valence-corrected chi connectivity index (χ0v) is 8.00. The number of benzene rings is 1. The smallest absolute Gasteiger partial charge is 0.0713 e. The molecule has 66 valence electrons. The molecule has 0 amide bonds. The standard InChI is InChI=1S/C11H16O/c1-9(2)11-6-4-5-10(7-11)8-12-3/h4-7,9H,8H2,1-3H3. The van der Waals surface area contributed by atoms with Gasteiger partial charge in [-0.05, 0) is 17.0 Å². The van der Waals surface area contributed by atoms with Gasteiger partial charge in [0.1, 0.15) is 0 Å². The van der Waals surface area contributed by atoms with Gasteiger partial charge in [0.15, 0.2) is 0 Å². The second-order valence-corrected chi connectivity index (χ2v) is 3.33. The van der Waals surface area contributed by atoms with Gasteiger partial charge in [-0.2, -0.15) is 0 Å². The van der Waals surface area contributed by atoms with Gasteiger partial charge in [-0.1, -0.05) is 38.1 Å². The average Bonchev–Trinajstić information content (AvgIpc) is 2.05. The first-order valence-electron chi connectivity index (χ1n) is 4.32. The van der Waals surface area contributed by atoms with Gasteiger partial charge in [0.2, 0.25) is 0 Å². The molecular weight excluding hydrogens is 148 g/mol. The summed E-state index contributed by atoms with van der Waals surface area (Å²) in [6.45, 7) is 5.11. The Bertz CT molecular complexity index is 241. The van der Waals surface area contributed by atoms with Crippen molar-refractivity contribution in [2.45, 2.75) is 26.4 Å². The van der Waals surface area contributed by atoms with Crippen LogP contribution in [0.3, 0.4) is 0 Å². The largest absolute Gasteiger partial charge is 0.380 e. The predicted molar refractivity (Wildman–Crippen MR) is 51.2 cm³/mol. The molecule has 0 radical (unpaired) electrons. The Kier molecular flexibility index (Phi) is 3.30. The number of hydrogen-bond donors (Lipinski definition) is 0. The molecule has 12 heavy (non-hydrogen) atoms. The van der Waals surface area contributed by atoms with Gasteiger partial charge in [-0.3, -0.25) is 0 Å². The minimum Gasteiger partial charge on any atom is -0.380 e. The third-order valence-electron chi connectivity index (χ3n) is 1.93. The molecule has 0 aromatic heterocycles. The lowest BCUT2D eigenvalue weighted by atomic mass is 10.0. The monoisotopic (exact) mass is 164 g/mol. The normalized spacial score (nSPS) is 10.7. The quantitative estimate of drug-likeness (QED) is 0.667. The summed E-state index contributed by atoms with van der Waals surface area (Å²) < 4.78 is 5.06. The molecule has 0 N–H and O–H groups in total. The van der Waals surface area contributed by atoms with Crippen LogP contribution in [-0.4, -0.2) is 7.11 Å². The van der Waals surface area contributed by atoms with Crippen LogP contribution in [0.1, 0.15) is 30.9 Å². The van der Waals surface area contributed by atoms with Gasteiger partial charge in [0.25, 0.3) is 0 Å². The van der Waals surface area contributed by atoms with Crippen LogP contribution < -0.4 is 0 Å². The maximum Gasteiger partial charge on any atom is 0.0713 e. The topological polar surface area (TPSA) is 9.23 Å². The van der Waals surface area contributed by atoms with Gasteiger partial charge in [0.05, 0.1) is 6.61 Å². The first-order chi connectivity index (χ1) is 5.74. The van der Waals surface area contributed by atoms with Crippen LogP contribution in [0.15, 0.2) is 24.3 Å². The van der Waals surface area contributed by atoms with E-state index in [0.717, 1.165) is 0 Å². The van der Waals surface area contributed by atoms with Crippen molar-refractivity contribution >= 4 is 0 Å². The van der Waals surface area contributed by atoms with E-state index in [1.54, 1.807) is 7.11 Å². The molecule has 1 rings (SSSR count). The third kappa shape index (κ3) is 2.35. The van der Waals surface area contributed by atoms with Gasteiger partial charge >= 0.3 is 0 Å². The highest BCUT2D eigenvalue weighted by atomic mass is 16.5. The van der Waals surface area contributed by atoms with Crippen molar-refractivity contribution in [3.8, 4) is 0 Å². The third-order valence-corrected chi connectivity index (χ3v) is 1.93. The summed E-state index contributed by atoms with van der Waals surface area (Å²) in [5.74, 6) is 0.599. The minimum atomic E-state index is 0.599. The molecule has 1 aromatic carbocycles. The minimum absolute atomic E-state index is 0.599. The Balaban J connectivity index is 2.81. The highest BCUT2D eigenvalue weighted by Gasteiger charge is 1.99. The van der Waals surface area contributed by atoms with Gasteiger partial charge in [-0.15, -0.1) is 0 Å². The van der Waals surface area contributed by atoms with E-state index in [2.05, 4.69) is 38.1 Å². The Hall–Kier alpha value is -0.820. The second kappa shape index (κ2) is 4.27. The molecule has 0 fully saturated rings. The van der Waals surface area contributed by atoms with E-state index < -0.39 is 0 Å². The summed E-state index contributed by atoms with van der Waals surface area (Å²) in [5, 5.41) is 0. The molecule has 0 atom stereocenters. The molecule has 0 unspecified atom stereocenters. The Morgan fingerprint density at radius 1 is 1.33 bits per heavy atom. The zero-order valence-electron chi connectivity index (χ0n) is 8.00. The number of hydrogen-bond acceptors (Lipinski definition) is 1. The molecule has 0 aliphatic carbocycles. The molecule has 0 aliphatic rings. The molecule has 0 bridgehead atoms. The number of ether oxygens (including phenoxy) is 1. The predicted octanol–water partition coefficient (Wildman–Crippen LogP) is 2.96. The maximum atomic E-state index is 5.06. The van der Waals surface area contributed by atoms with E-state index in [-0.39, 0.29) is 0 Å². The Morgan fingerprint density at radius 3 is 2.67 bits per heavy atom. The first-order valence-corrected chi connectivity index (χ1v) is 4.32. The summed E-state index contributed by atoms with van der Waals surface area (Å²) in [6.07, 6.45) is 0. The summed E-state index contributed by atoms with van der Waals surface area (Å²) in [4.78, 5) is 0. The highest BCUT2D eigenvalue weighted by Crippen LogP contribution is 2.15. The van der Waals surface area contributed by atoms with Crippen LogP contribution in [0.25, 0.3) is 0 Å². The fourth-order valence-electron chi connectivity index (χ4n) is 1.21. The molecule has 1 aromatic rings. The summed E-state index contributed by atoms with van der Waals surface area (Å²) in [6, 6.07) is 8.54. The van der Waals surface area contributed by atoms with Crippen molar-refractivity contribution in [3.63, 3.8) is 0 Å². The van der Waals surface area contributed by atoms with Crippen molar-refractivity contribution in [3.05, 3.63) is 35.4 Å². The average molecular weight is 164 g/mol. The van der Waals surface area contributed by atoms with E-state index in [1.807, 2.05) is 0 Å². The number of methoxy groups -OCH3 is 1. The van der Waals surface area contributed by atoms with E-state index in [9.17, 15) is 0 Å². The van der Waals surface area contributed by atoms with Crippen LogP contribution in [0.2, 0.25) is 0 Å². The van der Waals surface area contributed by atoms with E-state index in [0.29, 0.717) is 12.5 Å². The molecule has 0 spiro atoms. The van der Waals surface area contributed by atoms with Crippen molar-refractivity contribution in [1.82, 2.24) is 0 Å². The fraction of sp³-hybridized carbons (Fsp3) is 0.455. The van der Waals surface area contributed by atoms with Crippen LogP contribution >= 0.6 is 0 Å². The fourth-order valence-corrected chi connectivity index (χ4v) is 1.21. The lowest BCUT2D eigenvalue weighted by molar-refractivity contribution is 0.185. The molecule has 0 aliphatic heterocycles. The molecule has 0 saturated heterocycles. The second-order valence-electron chi connectivity index (χ2n) is 3.33. The maximum absolute atomic E-state index is 5.06. The summed E-state index contributed by atoms with van der Waals surface area (Å²) in [7, 11) is 1.72. The van der Waals surface area contributed by atoms with E-state index in [1.165, 1.54) is 11.1 Å². The zero-order chi connectivity index (χ0) is 8.97. The van der Waals surface area contributed by atoms with Crippen LogP contribution in [0.4, 0.5) is 0 Å². The molecular formula is C11H16O. The highest BCUT2D eigenvalue weighted by molar-refractivity contribution is 5.25. The lowest BCUT2D eigenvalue weighted by Gasteiger charge is -2.06. The van der Waals surface area contributed by atoms with Crippen LogP contribution in [-0.2, 0) is 11.3 Å². The summed E-state index contributed by atoms with van der Waals surface area (Å²) in [5.41, 5.74) is 2.63. The molecule has 1 heteroatoms. The van der Waals surface area contributed by atoms with Crippen LogP contribution in [0, 0.1) is 0 Å².